The maximum Gasteiger partial charge on any atom is 0.269 e. The molecule has 0 amide bonds. The van der Waals surface area contributed by atoms with Gasteiger partial charge in [-0.3, -0.25) is 4.90 Å². The number of morpholine rings is 1. The molecule has 0 radical (unpaired) electrons. The lowest BCUT2D eigenvalue weighted by Crippen LogP contribution is -2.41. The Balaban J connectivity index is 1.33. The molecule has 222 valence electrons. The molecule has 2 aliphatic heterocycles. The van der Waals surface area contributed by atoms with Crippen LogP contribution < -0.4 is 0 Å². The van der Waals surface area contributed by atoms with Crippen molar-refractivity contribution in [1.29, 1.82) is 0 Å². The molecule has 2 atom stereocenters. The van der Waals surface area contributed by atoms with E-state index in [0.29, 0.717) is 45.3 Å². The molecule has 8 rings (SSSR count). The van der Waals surface area contributed by atoms with Crippen LogP contribution in [0.5, 0.6) is 0 Å². The predicted molar refractivity (Wildman–Crippen MR) is 162 cm³/mol. The molecule has 4 aromatic heterocycles. The number of halogens is 1. The molecule has 9 nitrogen and oxygen atoms in total. The lowest BCUT2D eigenvalue weighted by molar-refractivity contribution is -0.0729. The van der Waals surface area contributed by atoms with Gasteiger partial charge in [0.15, 0.2) is 11.5 Å². The van der Waals surface area contributed by atoms with Gasteiger partial charge < -0.3 is 9.84 Å². The van der Waals surface area contributed by atoms with Gasteiger partial charge in [-0.2, -0.15) is 0 Å². The summed E-state index contributed by atoms with van der Waals surface area (Å²) in [7, 11) is -4.15. The minimum absolute atomic E-state index is 0.0992. The summed E-state index contributed by atoms with van der Waals surface area (Å²) >= 11 is 2.62. The SMILES string of the molecule is Cc1ccc(S(=O)(=O)n2c(-c3cnc(C45CCN(CCO4)C5)s3)cc3c(-c4cnc(C5(O)CCC5)s4)c(F)cnc32)cc1. The number of hydrogen-bond acceptors (Lipinski definition) is 10. The van der Waals surface area contributed by atoms with E-state index in [-0.39, 0.29) is 16.1 Å². The summed E-state index contributed by atoms with van der Waals surface area (Å²) < 4.78 is 51.7. The molecule has 13 heteroatoms. The molecule has 6 heterocycles. The van der Waals surface area contributed by atoms with Gasteiger partial charge in [0, 0.05) is 43.0 Å². The second-order valence-electron chi connectivity index (χ2n) is 11.6. The summed E-state index contributed by atoms with van der Waals surface area (Å²) in [6.45, 7) is 5.08. The Morgan fingerprint density at radius 3 is 2.49 bits per heavy atom. The van der Waals surface area contributed by atoms with E-state index in [9.17, 15) is 13.5 Å². The fraction of sp³-hybridized carbons (Fsp3) is 0.367. The third-order valence-corrected chi connectivity index (χ3v) is 13.0. The molecular formula is C30H28FN5O4S3. The van der Waals surface area contributed by atoms with Gasteiger partial charge >= 0.3 is 0 Å². The highest BCUT2D eigenvalue weighted by Crippen LogP contribution is 2.47. The smallest absolute Gasteiger partial charge is 0.269 e. The van der Waals surface area contributed by atoms with Crippen LogP contribution in [-0.4, -0.2) is 63.6 Å². The van der Waals surface area contributed by atoms with Gasteiger partial charge in [0.05, 0.1) is 33.1 Å². The summed E-state index contributed by atoms with van der Waals surface area (Å²) in [6.07, 6.45) is 7.24. The van der Waals surface area contributed by atoms with Crippen LogP contribution in [0.3, 0.4) is 0 Å². The zero-order valence-electron chi connectivity index (χ0n) is 23.3. The monoisotopic (exact) mass is 637 g/mol. The third kappa shape index (κ3) is 4.24. The predicted octanol–water partition coefficient (Wildman–Crippen LogP) is 5.27. The zero-order valence-corrected chi connectivity index (χ0v) is 25.7. The average molecular weight is 638 g/mol. The van der Waals surface area contributed by atoms with E-state index >= 15 is 4.39 Å². The molecule has 0 spiro atoms. The maximum atomic E-state index is 15.6. The molecule has 2 saturated heterocycles. The molecular weight excluding hydrogens is 610 g/mol. The maximum absolute atomic E-state index is 15.6. The highest BCUT2D eigenvalue weighted by Gasteiger charge is 2.46. The molecule has 1 aliphatic carbocycles. The lowest BCUT2D eigenvalue weighted by Gasteiger charge is -2.34. The fourth-order valence-corrected chi connectivity index (χ4v) is 10.0. The number of benzene rings is 1. The van der Waals surface area contributed by atoms with Crippen LogP contribution >= 0.6 is 22.7 Å². The van der Waals surface area contributed by atoms with Gasteiger partial charge in [0.1, 0.15) is 21.2 Å². The first-order valence-electron chi connectivity index (χ1n) is 14.2. The number of aliphatic hydroxyl groups is 1. The number of fused-ring (bicyclic) bond motifs is 3. The molecule has 2 unspecified atom stereocenters. The number of ether oxygens (including phenoxy) is 1. The topological polar surface area (TPSA) is 110 Å². The summed E-state index contributed by atoms with van der Waals surface area (Å²) in [5.41, 5.74) is 0.0945. The molecule has 3 fully saturated rings. The van der Waals surface area contributed by atoms with Gasteiger partial charge in [-0.05, 0) is 50.8 Å². The van der Waals surface area contributed by atoms with E-state index in [1.807, 2.05) is 6.92 Å². The summed E-state index contributed by atoms with van der Waals surface area (Å²) in [6, 6.07) is 8.31. The number of hydrogen-bond donors (Lipinski definition) is 1. The van der Waals surface area contributed by atoms with E-state index in [0.717, 1.165) is 49.2 Å². The van der Waals surface area contributed by atoms with Gasteiger partial charge in [0.2, 0.25) is 0 Å². The normalized spacial score (nSPS) is 23.1. The molecule has 1 aromatic carbocycles. The van der Waals surface area contributed by atoms with E-state index in [1.54, 1.807) is 42.7 Å². The first kappa shape index (κ1) is 27.5. The van der Waals surface area contributed by atoms with Crippen LogP contribution in [0.1, 0.15) is 41.3 Å². The number of aryl methyl sites for hydroxylation is 1. The Morgan fingerprint density at radius 2 is 1.72 bits per heavy atom. The van der Waals surface area contributed by atoms with Crippen molar-refractivity contribution >= 4 is 43.7 Å². The molecule has 2 bridgehead atoms. The Hall–Kier alpha value is -3.07. The highest BCUT2D eigenvalue weighted by molar-refractivity contribution is 7.90. The second-order valence-corrected chi connectivity index (χ2v) is 15.5. The van der Waals surface area contributed by atoms with Crippen molar-refractivity contribution < 1.29 is 22.7 Å². The largest absolute Gasteiger partial charge is 0.383 e. The van der Waals surface area contributed by atoms with Crippen LogP contribution in [0.15, 0.2) is 53.8 Å². The van der Waals surface area contributed by atoms with Crippen molar-refractivity contribution in [2.75, 3.05) is 26.2 Å². The average Bonchev–Trinajstić information content (AvgIpc) is 3.77. The van der Waals surface area contributed by atoms with Crippen molar-refractivity contribution in [2.45, 2.75) is 48.7 Å². The quantitative estimate of drug-likeness (QED) is 0.268. The number of thiazole rings is 2. The van der Waals surface area contributed by atoms with Crippen molar-refractivity contribution in [3.05, 3.63) is 70.3 Å². The van der Waals surface area contributed by atoms with Crippen LogP contribution in [0, 0.1) is 12.7 Å². The second kappa shape index (κ2) is 9.71. The van der Waals surface area contributed by atoms with Crippen LogP contribution in [0.4, 0.5) is 4.39 Å². The molecule has 43 heavy (non-hydrogen) atoms. The first-order valence-corrected chi connectivity index (χ1v) is 17.3. The van der Waals surface area contributed by atoms with E-state index in [1.165, 1.54) is 26.6 Å². The van der Waals surface area contributed by atoms with E-state index in [2.05, 4.69) is 14.9 Å². The number of rotatable bonds is 6. The summed E-state index contributed by atoms with van der Waals surface area (Å²) in [5.74, 6) is -0.592. The van der Waals surface area contributed by atoms with Gasteiger partial charge in [-0.15, -0.1) is 22.7 Å². The van der Waals surface area contributed by atoms with E-state index < -0.39 is 27.0 Å². The number of nitrogens with zero attached hydrogens (tertiary/aromatic N) is 5. The third-order valence-electron chi connectivity index (χ3n) is 8.88. The highest BCUT2D eigenvalue weighted by atomic mass is 32.2. The van der Waals surface area contributed by atoms with Crippen LogP contribution in [-0.2, 0) is 26.0 Å². The molecule has 1 N–H and O–H groups in total. The first-order chi connectivity index (χ1) is 20.7. The molecule has 1 saturated carbocycles. The summed E-state index contributed by atoms with van der Waals surface area (Å²) in [5, 5.41) is 12.5. The zero-order chi connectivity index (χ0) is 29.6. The van der Waals surface area contributed by atoms with E-state index in [4.69, 9.17) is 9.72 Å². The fourth-order valence-electron chi connectivity index (χ4n) is 6.29. The van der Waals surface area contributed by atoms with Crippen molar-refractivity contribution in [3.63, 3.8) is 0 Å². The standard InChI is InChI=1S/C30H28FN5O4S3/c1-18-3-5-19(6-4-18)43(38,39)36-22(23-15-34-28(41-23)30-9-10-35(17-30)11-12-40-30)13-20-25(21(31)14-32-26(20)36)24-16-33-27(42-24)29(37)7-2-8-29/h3-6,13-16,37H,2,7-12,17H2,1H3. The van der Waals surface area contributed by atoms with Crippen molar-refractivity contribution in [1.82, 2.24) is 23.8 Å². The Kier molecular flexibility index (Phi) is 6.21. The van der Waals surface area contributed by atoms with Crippen LogP contribution in [0.25, 0.3) is 32.0 Å². The molecule has 3 aliphatic rings. The number of aromatic nitrogens is 4. The van der Waals surface area contributed by atoms with Crippen molar-refractivity contribution in [2.24, 2.45) is 0 Å². The minimum Gasteiger partial charge on any atom is -0.383 e. The Labute approximate surface area is 255 Å². The van der Waals surface area contributed by atoms with Crippen molar-refractivity contribution in [3.8, 4) is 21.0 Å². The van der Waals surface area contributed by atoms with Gasteiger partial charge in [0.25, 0.3) is 10.0 Å². The van der Waals surface area contributed by atoms with Gasteiger partial charge in [-0.1, -0.05) is 17.7 Å². The molecule has 5 aromatic rings. The summed E-state index contributed by atoms with van der Waals surface area (Å²) in [4.78, 5) is 17.1. The lowest BCUT2D eigenvalue weighted by atomic mass is 9.81. The van der Waals surface area contributed by atoms with Crippen LogP contribution in [0.2, 0.25) is 0 Å². The van der Waals surface area contributed by atoms with Gasteiger partial charge in [-0.25, -0.2) is 31.7 Å². The Bertz CT molecular complexity index is 1990. The number of pyridine rings is 1. The Morgan fingerprint density at radius 1 is 0.977 bits per heavy atom. The minimum atomic E-state index is -4.15.